The van der Waals surface area contributed by atoms with Crippen LogP contribution in [0, 0.1) is 5.92 Å². The van der Waals surface area contributed by atoms with Crippen molar-refractivity contribution < 1.29 is 14.4 Å². The Bertz CT molecular complexity index is 691. The molecule has 4 nitrogen and oxygen atoms in total. The molecule has 1 heterocycles. The Morgan fingerprint density at radius 3 is 2.82 bits per heavy atom. The molecule has 2 rings (SSSR count). The molecule has 1 amide bonds. The molecule has 0 radical (unpaired) electrons. The number of carbonyl (C=O) groups is 3. The van der Waals surface area contributed by atoms with Crippen LogP contribution in [0.2, 0.25) is 0 Å². The van der Waals surface area contributed by atoms with E-state index in [2.05, 4.69) is 27.5 Å². The largest absolute Gasteiger partial charge is 0.293 e. The number of amides is 1. The van der Waals surface area contributed by atoms with Crippen molar-refractivity contribution in [2.75, 3.05) is 0 Å². The lowest BCUT2D eigenvalue weighted by molar-refractivity contribution is -0.120. The summed E-state index contributed by atoms with van der Waals surface area (Å²) in [4.78, 5) is 39.6. The summed E-state index contributed by atoms with van der Waals surface area (Å²) in [5.41, 5.74) is 1.64. The highest BCUT2D eigenvalue weighted by atomic mass is 79.9. The lowest BCUT2D eigenvalue weighted by atomic mass is 9.87. The van der Waals surface area contributed by atoms with Gasteiger partial charge < -0.3 is 0 Å². The van der Waals surface area contributed by atoms with Gasteiger partial charge in [-0.05, 0) is 36.6 Å². The van der Waals surface area contributed by atoms with Crippen molar-refractivity contribution in [1.82, 2.24) is 0 Å². The third kappa shape index (κ3) is 3.47. The van der Waals surface area contributed by atoms with E-state index in [0.29, 0.717) is 12.0 Å². The predicted molar refractivity (Wildman–Crippen MR) is 88.2 cm³/mol. The molecule has 0 bridgehead atoms. The molecule has 1 aliphatic rings. The first kappa shape index (κ1) is 16.5. The first-order valence-electron chi connectivity index (χ1n) is 7.06. The molecule has 0 saturated carbocycles. The van der Waals surface area contributed by atoms with E-state index in [1.165, 1.54) is 0 Å². The van der Waals surface area contributed by atoms with Crippen molar-refractivity contribution in [3.63, 3.8) is 0 Å². The molecule has 1 aromatic rings. The van der Waals surface area contributed by atoms with E-state index in [4.69, 9.17) is 0 Å². The number of hydrogen-bond donors (Lipinski definition) is 0. The van der Waals surface area contributed by atoms with Gasteiger partial charge in [0.2, 0.25) is 0 Å². The molecule has 0 fully saturated rings. The van der Waals surface area contributed by atoms with Crippen LogP contribution in [0.1, 0.15) is 35.7 Å². The standard InChI is InChI=1S/C17H16BrNO3/c1-3-11-8-12(18)4-6-15(11)16(21)10(2)14-7-5-13(20)9-19-17(14)22/h4,6,8-9,14H,2-3,5,7H2,1H3. The van der Waals surface area contributed by atoms with E-state index < -0.39 is 11.8 Å². The molecule has 1 aromatic carbocycles. The zero-order chi connectivity index (χ0) is 16.3. The average Bonchev–Trinajstić information content (AvgIpc) is 2.67. The first-order chi connectivity index (χ1) is 10.4. The number of aryl methyl sites for hydroxylation is 1. The molecule has 0 aliphatic carbocycles. The van der Waals surface area contributed by atoms with Crippen molar-refractivity contribution in [2.24, 2.45) is 10.9 Å². The van der Waals surface area contributed by atoms with Crippen molar-refractivity contribution in [3.8, 4) is 0 Å². The smallest absolute Gasteiger partial charge is 0.253 e. The quantitative estimate of drug-likeness (QED) is 0.610. The van der Waals surface area contributed by atoms with Gasteiger partial charge in [0.1, 0.15) is 0 Å². The van der Waals surface area contributed by atoms with Gasteiger partial charge in [0.05, 0.1) is 12.1 Å². The second-order valence-corrected chi connectivity index (χ2v) is 6.08. The molecule has 114 valence electrons. The van der Waals surface area contributed by atoms with Crippen molar-refractivity contribution >= 4 is 39.6 Å². The minimum absolute atomic E-state index is 0.200. The summed E-state index contributed by atoms with van der Waals surface area (Å²) in [6, 6.07) is 5.40. The molecule has 1 atom stereocenters. The lowest BCUT2D eigenvalue weighted by Crippen LogP contribution is -2.20. The highest BCUT2D eigenvalue weighted by Crippen LogP contribution is 2.26. The average molecular weight is 362 g/mol. The monoisotopic (exact) mass is 361 g/mol. The van der Waals surface area contributed by atoms with E-state index in [-0.39, 0.29) is 30.0 Å². The number of rotatable bonds is 4. The molecular formula is C17H16BrNO3. The maximum absolute atomic E-state index is 12.7. The Hall–Kier alpha value is -1.88. The number of nitrogens with zero attached hydrogens (tertiary/aromatic N) is 1. The number of Topliss-reactive ketones (excluding diaryl/α,β-unsaturated/α-hetero) is 2. The van der Waals surface area contributed by atoms with Gasteiger partial charge in [0.15, 0.2) is 11.6 Å². The van der Waals surface area contributed by atoms with Crippen LogP contribution in [0.25, 0.3) is 0 Å². The maximum atomic E-state index is 12.7. The van der Waals surface area contributed by atoms with E-state index in [1.807, 2.05) is 13.0 Å². The SMILES string of the molecule is C=C(C(=O)c1ccc(Br)cc1CC)C1CCC(=O)C=NC1=O. The molecule has 22 heavy (non-hydrogen) atoms. The molecule has 1 unspecified atom stereocenters. The molecule has 0 aromatic heterocycles. The van der Waals surface area contributed by atoms with Crippen LogP contribution < -0.4 is 0 Å². The third-order valence-electron chi connectivity index (χ3n) is 3.72. The van der Waals surface area contributed by atoms with E-state index in [0.717, 1.165) is 16.3 Å². The zero-order valence-corrected chi connectivity index (χ0v) is 13.9. The van der Waals surface area contributed by atoms with Gasteiger partial charge in [-0.3, -0.25) is 14.4 Å². The minimum atomic E-state index is -0.719. The minimum Gasteiger partial charge on any atom is -0.293 e. The van der Waals surface area contributed by atoms with Gasteiger partial charge in [-0.15, -0.1) is 0 Å². The highest BCUT2D eigenvalue weighted by molar-refractivity contribution is 9.10. The lowest BCUT2D eigenvalue weighted by Gasteiger charge is -2.15. The fourth-order valence-corrected chi connectivity index (χ4v) is 2.84. The number of ketones is 2. The van der Waals surface area contributed by atoms with Gasteiger partial charge in [0.25, 0.3) is 5.91 Å². The van der Waals surface area contributed by atoms with Gasteiger partial charge >= 0.3 is 0 Å². The normalized spacial score (nSPS) is 18.2. The Morgan fingerprint density at radius 2 is 2.14 bits per heavy atom. The summed E-state index contributed by atoms with van der Waals surface area (Å²) in [7, 11) is 0. The summed E-state index contributed by atoms with van der Waals surface area (Å²) < 4.78 is 0.896. The Kier molecular flexibility index (Phi) is 5.19. The van der Waals surface area contributed by atoms with Crippen molar-refractivity contribution in [1.29, 1.82) is 0 Å². The summed E-state index contributed by atoms with van der Waals surface area (Å²) in [6.45, 7) is 5.76. The molecule has 0 N–H and O–H groups in total. The number of hydrogen-bond acceptors (Lipinski definition) is 3. The number of benzene rings is 1. The topological polar surface area (TPSA) is 63.6 Å². The molecule has 0 saturated heterocycles. The second-order valence-electron chi connectivity index (χ2n) is 5.16. The van der Waals surface area contributed by atoms with Crippen LogP contribution in [0.4, 0.5) is 0 Å². The fourth-order valence-electron chi connectivity index (χ4n) is 2.43. The highest BCUT2D eigenvalue weighted by Gasteiger charge is 2.29. The van der Waals surface area contributed by atoms with Crippen LogP contribution in [-0.4, -0.2) is 23.7 Å². The molecule has 0 spiro atoms. The summed E-state index contributed by atoms with van der Waals surface area (Å²) in [5, 5.41) is 0. The number of halogens is 1. The summed E-state index contributed by atoms with van der Waals surface area (Å²) in [6.07, 6.45) is 2.22. The summed E-state index contributed by atoms with van der Waals surface area (Å²) >= 11 is 3.38. The van der Waals surface area contributed by atoms with Crippen LogP contribution in [-0.2, 0) is 16.0 Å². The van der Waals surface area contributed by atoms with Gasteiger partial charge in [-0.2, -0.15) is 0 Å². The number of carbonyl (C=O) groups excluding carboxylic acids is 3. The maximum Gasteiger partial charge on any atom is 0.253 e. The Labute approximate surface area is 137 Å². The Morgan fingerprint density at radius 1 is 1.41 bits per heavy atom. The van der Waals surface area contributed by atoms with E-state index >= 15 is 0 Å². The van der Waals surface area contributed by atoms with Gasteiger partial charge in [-0.1, -0.05) is 29.4 Å². The summed E-state index contributed by atoms with van der Waals surface area (Å²) in [5.74, 6) is -1.65. The van der Waals surface area contributed by atoms with Crippen molar-refractivity contribution in [3.05, 3.63) is 46.0 Å². The molecular weight excluding hydrogens is 346 g/mol. The molecule has 5 heteroatoms. The Balaban J connectivity index is 2.29. The van der Waals surface area contributed by atoms with Gasteiger partial charge in [-0.25, -0.2) is 4.99 Å². The van der Waals surface area contributed by atoms with Gasteiger partial charge in [0, 0.05) is 22.0 Å². The van der Waals surface area contributed by atoms with Crippen LogP contribution in [0.3, 0.4) is 0 Å². The van der Waals surface area contributed by atoms with E-state index in [1.54, 1.807) is 12.1 Å². The second kappa shape index (κ2) is 6.92. The predicted octanol–water partition coefficient (Wildman–Crippen LogP) is 3.33. The van der Waals surface area contributed by atoms with Crippen LogP contribution in [0.5, 0.6) is 0 Å². The van der Waals surface area contributed by atoms with Crippen LogP contribution in [0.15, 0.2) is 39.8 Å². The van der Waals surface area contributed by atoms with Crippen molar-refractivity contribution in [2.45, 2.75) is 26.2 Å². The number of aliphatic imine (C=N–C) groups is 1. The van der Waals surface area contributed by atoms with Crippen LogP contribution >= 0.6 is 15.9 Å². The zero-order valence-electron chi connectivity index (χ0n) is 12.3. The fraction of sp³-hybridized carbons (Fsp3) is 0.294. The third-order valence-corrected chi connectivity index (χ3v) is 4.21. The first-order valence-corrected chi connectivity index (χ1v) is 7.86. The molecule has 1 aliphatic heterocycles. The van der Waals surface area contributed by atoms with E-state index in [9.17, 15) is 14.4 Å².